The molecule has 0 atom stereocenters. The molecule has 0 radical (unpaired) electrons. The Balaban J connectivity index is 3.12. The molecule has 0 fully saturated rings. The summed E-state index contributed by atoms with van der Waals surface area (Å²) in [7, 11) is 0. The summed E-state index contributed by atoms with van der Waals surface area (Å²) in [6.07, 6.45) is 2.26. The third-order valence-electron chi connectivity index (χ3n) is 1.20. The minimum absolute atomic E-state index is 0.0402. The fourth-order valence-electron chi connectivity index (χ4n) is 0.659. The van der Waals surface area contributed by atoms with Crippen LogP contribution in [0.2, 0.25) is 0 Å². The highest BCUT2D eigenvalue weighted by Crippen LogP contribution is 2.04. The predicted molar refractivity (Wildman–Crippen MR) is 38.8 cm³/mol. The van der Waals surface area contributed by atoms with E-state index in [1.54, 1.807) is 0 Å². The molecule has 0 aromatic carbocycles. The monoisotopic (exact) mass is 184 g/mol. The van der Waals surface area contributed by atoms with Crippen molar-refractivity contribution in [2.75, 3.05) is 0 Å². The van der Waals surface area contributed by atoms with Crippen molar-refractivity contribution in [1.29, 1.82) is 0 Å². The van der Waals surface area contributed by atoms with Gasteiger partial charge in [0.25, 0.3) is 5.24 Å². The Bertz CT molecular complexity index is 308. The number of carboxylic acids is 1. The summed E-state index contributed by atoms with van der Waals surface area (Å²) in [5.41, 5.74) is -0.125. The fraction of sp³-hybridized carbons (Fsp3) is 0. The molecule has 0 saturated carbocycles. The first-order valence-corrected chi connectivity index (χ1v) is 3.35. The Kier molecular flexibility index (Phi) is 2.40. The highest BCUT2D eigenvalue weighted by molar-refractivity contribution is 6.67. The molecule has 0 saturated heterocycles. The van der Waals surface area contributed by atoms with E-state index in [-0.39, 0.29) is 11.1 Å². The number of rotatable bonds is 2. The maximum Gasteiger partial charge on any atom is 0.253 e. The molecular formula is C7H3ClNO3-. The fourth-order valence-corrected chi connectivity index (χ4v) is 0.762. The van der Waals surface area contributed by atoms with E-state index in [9.17, 15) is 14.7 Å². The van der Waals surface area contributed by atoms with E-state index in [0.717, 1.165) is 12.3 Å². The Hall–Kier alpha value is -1.42. The summed E-state index contributed by atoms with van der Waals surface area (Å²) in [4.78, 5) is 24.3. The molecule has 0 aliphatic heterocycles. The van der Waals surface area contributed by atoms with Crippen molar-refractivity contribution in [3.63, 3.8) is 0 Å². The Morgan fingerprint density at radius 1 is 1.33 bits per heavy atom. The van der Waals surface area contributed by atoms with Crippen LogP contribution in [0.5, 0.6) is 0 Å². The van der Waals surface area contributed by atoms with Crippen LogP contribution in [0.15, 0.2) is 18.5 Å². The Morgan fingerprint density at radius 2 is 1.92 bits per heavy atom. The van der Waals surface area contributed by atoms with Gasteiger partial charge in [-0.1, -0.05) is 0 Å². The number of nitrogens with zero attached hydrogens (tertiary/aromatic N) is 1. The Labute approximate surface area is 72.8 Å². The summed E-state index contributed by atoms with van der Waals surface area (Å²) in [6, 6.07) is 1.11. The summed E-state index contributed by atoms with van der Waals surface area (Å²) in [6.45, 7) is 0. The molecule has 0 spiro atoms. The second kappa shape index (κ2) is 3.32. The van der Waals surface area contributed by atoms with Crippen molar-refractivity contribution in [3.05, 3.63) is 29.6 Å². The van der Waals surface area contributed by atoms with Crippen LogP contribution < -0.4 is 5.11 Å². The van der Waals surface area contributed by atoms with Crippen molar-refractivity contribution in [2.24, 2.45) is 0 Å². The van der Waals surface area contributed by atoms with Crippen LogP contribution in [0.4, 0.5) is 0 Å². The van der Waals surface area contributed by atoms with E-state index < -0.39 is 11.2 Å². The normalized spacial score (nSPS) is 9.42. The van der Waals surface area contributed by atoms with Gasteiger partial charge in [0, 0.05) is 18.0 Å². The lowest BCUT2D eigenvalue weighted by Gasteiger charge is -2.01. The molecule has 0 N–H and O–H groups in total. The van der Waals surface area contributed by atoms with Crippen molar-refractivity contribution in [2.45, 2.75) is 0 Å². The molecule has 0 unspecified atom stereocenters. The smallest absolute Gasteiger partial charge is 0.253 e. The number of hydrogen-bond acceptors (Lipinski definition) is 4. The van der Waals surface area contributed by atoms with Gasteiger partial charge in [-0.05, 0) is 17.7 Å². The van der Waals surface area contributed by atoms with Crippen LogP contribution in [0, 0.1) is 0 Å². The van der Waals surface area contributed by atoms with Crippen LogP contribution >= 0.6 is 11.6 Å². The number of carbonyl (C=O) groups excluding carboxylic acids is 2. The average Bonchev–Trinajstić information content (AvgIpc) is 2.04. The Morgan fingerprint density at radius 3 is 2.42 bits per heavy atom. The van der Waals surface area contributed by atoms with Crippen LogP contribution in [-0.2, 0) is 0 Å². The number of hydrogen-bond donors (Lipinski definition) is 0. The summed E-state index contributed by atoms with van der Waals surface area (Å²) < 4.78 is 0. The zero-order valence-electron chi connectivity index (χ0n) is 5.78. The van der Waals surface area contributed by atoms with Gasteiger partial charge in [-0.2, -0.15) is 0 Å². The van der Waals surface area contributed by atoms with Crippen molar-refractivity contribution in [3.8, 4) is 0 Å². The lowest BCUT2D eigenvalue weighted by molar-refractivity contribution is -0.255. The first-order valence-electron chi connectivity index (χ1n) is 2.97. The maximum absolute atomic E-state index is 10.5. The van der Waals surface area contributed by atoms with Crippen molar-refractivity contribution in [1.82, 2.24) is 4.98 Å². The summed E-state index contributed by atoms with van der Waals surface area (Å²) >= 11 is 5.09. The molecule has 0 amide bonds. The highest BCUT2D eigenvalue weighted by Gasteiger charge is 2.02. The quantitative estimate of drug-likeness (QED) is 0.598. The molecule has 0 aliphatic carbocycles. The molecular weight excluding hydrogens is 182 g/mol. The minimum atomic E-state index is -1.39. The van der Waals surface area contributed by atoms with E-state index in [1.165, 1.54) is 6.20 Å². The third-order valence-corrected chi connectivity index (χ3v) is 1.42. The maximum atomic E-state index is 10.5. The number of carboxylic acid groups (broad SMARTS) is 1. The third kappa shape index (κ3) is 1.79. The van der Waals surface area contributed by atoms with Gasteiger partial charge in [0.1, 0.15) is 0 Å². The second-order valence-corrected chi connectivity index (χ2v) is 2.37. The highest BCUT2D eigenvalue weighted by atomic mass is 35.5. The van der Waals surface area contributed by atoms with Gasteiger partial charge in [0.2, 0.25) is 0 Å². The van der Waals surface area contributed by atoms with E-state index in [2.05, 4.69) is 4.98 Å². The molecule has 1 heterocycles. The van der Waals surface area contributed by atoms with Gasteiger partial charge >= 0.3 is 0 Å². The van der Waals surface area contributed by atoms with E-state index in [0.29, 0.717) is 0 Å². The molecule has 5 heteroatoms. The molecule has 0 bridgehead atoms. The zero-order valence-corrected chi connectivity index (χ0v) is 6.54. The molecule has 1 aromatic rings. The lowest BCUT2D eigenvalue weighted by Crippen LogP contribution is -2.22. The SMILES string of the molecule is O=C([O-])c1cncc(C(=O)Cl)c1. The number of halogens is 1. The van der Waals surface area contributed by atoms with Crippen LogP contribution in [0.1, 0.15) is 20.7 Å². The first kappa shape index (κ1) is 8.67. The summed E-state index contributed by atoms with van der Waals surface area (Å²) in [5.74, 6) is -1.39. The van der Waals surface area contributed by atoms with Gasteiger partial charge in [-0.3, -0.25) is 9.78 Å². The van der Waals surface area contributed by atoms with Crippen molar-refractivity contribution < 1.29 is 14.7 Å². The lowest BCUT2D eigenvalue weighted by atomic mass is 10.2. The van der Waals surface area contributed by atoms with Crippen LogP contribution in [-0.4, -0.2) is 16.2 Å². The predicted octanol–water partition coefficient (Wildman–Crippen LogP) is -0.176. The largest absolute Gasteiger partial charge is 0.545 e. The standard InChI is InChI=1S/C7H4ClNO3/c8-6(10)4-1-5(7(11)12)3-9-2-4/h1-3H,(H,11,12)/p-1. The molecule has 1 rings (SSSR count). The van der Waals surface area contributed by atoms with E-state index in [4.69, 9.17) is 11.6 Å². The topological polar surface area (TPSA) is 70.1 Å². The number of pyridine rings is 1. The number of aromatic carboxylic acids is 1. The van der Waals surface area contributed by atoms with Crippen LogP contribution in [0.25, 0.3) is 0 Å². The second-order valence-electron chi connectivity index (χ2n) is 2.02. The van der Waals surface area contributed by atoms with Crippen LogP contribution in [0.3, 0.4) is 0 Å². The van der Waals surface area contributed by atoms with Crippen molar-refractivity contribution >= 4 is 22.8 Å². The molecule has 62 valence electrons. The number of carbonyl (C=O) groups is 2. The van der Waals surface area contributed by atoms with Gasteiger partial charge in [0.05, 0.1) is 11.5 Å². The minimum Gasteiger partial charge on any atom is -0.545 e. The van der Waals surface area contributed by atoms with Gasteiger partial charge in [-0.15, -0.1) is 0 Å². The first-order chi connectivity index (χ1) is 5.61. The summed E-state index contributed by atoms with van der Waals surface area (Å²) in [5, 5.41) is 9.53. The van der Waals surface area contributed by atoms with Gasteiger partial charge in [-0.25, -0.2) is 0 Å². The zero-order chi connectivity index (χ0) is 9.14. The molecule has 12 heavy (non-hydrogen) atoms. The van der Waals surface area contributed by atoms with E-state index in [1.807, 2.05) is 0 Å². The molecule has 0 aliphatic rings. The van der Waals surface area contributed by atoms with Gasteiger partial charge < -0.3 is 9.90 Å². The molecule has 4 nitrogen and oxygen atoms in total. The number of aromatic nitrogens is 1. The van der Waals surface area contributed by atoms with E-state index >= 15 is 0 Å². The average molecular weight is 185 g/mol. The van der Waals surface area contributed by atoms with Gasteiger partial charge in [0.15, 0.2) is 0 Å². The molecule has 1 aromatic heterocycles.